The summed E-state index contributed by atoms with van der Waals surface area (Å²) in [4.78, 5) is 18.7. The van der Waals surface area contributed by atoms with Crippen LogP contribution in [-0.2, 0) is 12.6 Å². The van der Waals surface area contributed by atoms with Crippen LogP contribution in [0, 0.1) is 11.8 Å². The lowest BCUT2D eigenvalue weighted by Gasteiger charge is -2.42. The molecule has 2 atom stereocenters. The van der Waals surface area contributed by atoms with E-state index >= 15 is 0 Å². The van der Waals surface area contributed by atoms with Crippen LogP contribution >= 0.6 is 0 Å². The third-order valence-corrected chi connectivity index (χ3v) is 8.48. The highest BCUT2D eigenvalue weighted by molar-refractivity contribution is 5.86. The van der Waals surface area contributed by atoms with E-state index in [9.17, 15) is 13.2 Å². The number of imidazole rings is 1. The lowest BCUT2D eigenvalue weighted by atomic mass is 9.76. The Bertz CT molecular complexity index is 1400. The Kier molecular flexibility index (Phi) is 6.09. The Balaban J connectivity index is 0.972. The first kappa shape index (κ1) is 24.2. The van der Waals surface area contributed by atoms with Crippen molar-refractivity contribution in [1.82, 2.24) is 29.4 Å². The van der Waals surface area contributed by atoms with Crippen LogP contribution in [-0.4, -0.2) is 49.0 Å². The van der Waals surface area contributed by atoms with E-state index in [1.54, 1.807) is 6.33 Å². The largest absolute Gasteiger partial charge is 0.416 e. The van der Waals surface area contributed by atoms with Crippen molar-refractivity contribution >= 4 is 27.9 Å². The smallest absolute Gasteiger partial charge is 0.383 e. The molecule has 6 rings (SSSR count). The van der Waals surface area contributed by atoms with Gasteiger partial charge in [-0.15, -0.1) is 0 Å². The number of anilines is 1. The van der Waals surface area contributed by atoms with E-state index in [1.165, 1.54) is 25.3 Å². The molecule has 0 unspecified atom stereocenters. The summed E-state index contributed by atoms with van der Waals surface area (Å²) >= 11 is 0. The highest BCUT2D eigenvalue weighted by Gasteiger charge is 2.35. The number of hydrogen-bond acceptors (Lipinski definition) is 5. The minimum Gasteiger partial charge on any atom is -0.383 e. The lowest BCUT2D eigenvalue weighted by molar-refractivity contribution is -0.137. The van der Waals surface area contributed by atoms with Crippen molar-refractivity contribution in [3.05, 3.63) is 48.2 Å². The van der Waals surface area contributed by atoms with Gasteiger partial charge in [0.1, 0.15) is 23.6 Å². The maximum Gasteiger partial charge on any atom is 0.416 e. The number of nitrogens with one attached hydrogen (secondary N) is 1. The molecule has 7 nitrogen and oxygen atoms in total. The maximum atomic E-state index is 13.0. The topological polar surface area (TPSA) is 88.7 Å². The molecule has 2 saturated carbocycles. The zero-order valence-electron chi connectivity index (χ0n) is 20.9. The minimum atomic E-state index is -4.35. The molecule has 0 amide bonds. The molecule has 2 fully saturated rings. The average molecular weight is 512 g/mol. The number of nitrogens with zero attached hydrogens (tertiary/aromatic N) is 5. The van der Waals surface area contributed by atoms with Crippen LogP contribution < -0.4 is 5.73 Å². The Morgan fingerprint density at radius 1 is 1.11 bits per heavy atom. The zero-order valence-corrected chi connectivity index (χ0v) is 20.9. The van der Waals surface area contributed by atoms with Gasteiger partial charge in [0.25, 0.3) is 0 Å². The highest BCUT2D eigenvalue weighted by atomic mass is 19.4. The first-order valence-corrected chi connectivity index (χ1v) is 13.1. The molecule has 3 aromatic heterocycles. The van der Waals surface area contributed by atoms with E-state index < -0.39 is 11.7 Å². The molecule has 0 radical (unpaired) electrons. The lowest BCUT2D eigenvalue weighted by Crippen LogP contribution is -2.44. The quantitative estimate of drug-likeness (QED) is 0.338. The first-order valence-electron chi connectivity index (χ1n) is 13.1. The SMILES string of the molecule is CN(C[C@@H]1CC[C@H](n2ccc3c(N)ncnc32)C1)[C@H]1C[C@@H](CCc2nc3cc(C(F)(F)F)ccc3[nH]2)C1. The molecule has 3 heterocycles. The summed E-state index contributed by atoms with van der Waals surface area (Å²) < 4.78 is 41.2. The van der Waals surface area contributed by atoms with E-state index in [0.29, 0.717) is 40.8 Å². The number of H-pyrrole nitrogens is 1. The summed E-state index contributed by atoms with van der Waals surface area (Å²) in [5.74, 6) is 2.61. The van der Waals surface area contributed by atoms with Crippen LogP contribution in [0.1, 0.15) is 56.0 Å². The molecule has 4 aromatic rings. The van der Waals surface area contributed by atoms with Crippen molar-refractivity contribution in [1.29, 1.82) is 0 Å². The number of aromatic amines is 1. The number of rotatable bonds is 7. The molecule has 0 bridgehead atoms. The fourth-order valence-corrected chi connectivity index (χ4v) is 6.30. The second-order valence-corrected chi connectivity index (χ2v) is 10.9. The molecule has 0 saturated heterocycles. The summed E-state index contributed by atoms with van der Waals surface area (Å²) in [6.07, 6.45) is 6.92. The van der Waals surface area contributed by atoms with Gasteiger partial charge in [0.05, 0.1) is 22.0 Å². The van der Waals surface area contributed by atoms with Gasteiger partial charge in [-0.25, -0.2) is 15.0 Å². The Labute approximate surface area is 213 Å². The normalized spacial score (nSPS) is 24.4. The van der Waals surface area contributed by atoms with Gasteiger partial charge in [0.2, 0.25) is 0 Å². The van der Waals surface area contributed by atoms with Crippen molar-refractivity contribution in [2.45, 2.75) is 63.2 Å². The Hall–Kier alpha value is -3.14. The zero-order chi connectivity index (χ0) is 25.7. The van der Waals surface area contributed by atoms with Crippen LogP contribution in [0.2, 0.25) is 0 Å². The van der Waals surface area contributed by atoms with Gasteiger partial charge in [0, 0.05) is 31.2 Å². The predicted octanol–water partition coefficient (Wildman–Crippen LogP) is 5.59. The summed E-state index contributed by atoms with van der Waals surface area (Å²) in [5, 5.41) is 0.928. The first-order chi connectivity index (χ1) is 17.7. The van der Waals surface area contributed by atoms with Gasteiger partial charge in [0.15, 0.2) is 0 Å². The van der Waals surface area contributed by atoms with E-state index in [1.807, 2.05) is 6.07 Å². The van der Waals surface area contributed by atoms with Gasteiger partial charge in [-0.05, 0) is 81.7 Å². The monoisotopic (exact) mass is 511 g/mol. The number of nitrogen functional groups attached to an aromatic ring is 1. The van der Waals surface area contributed by atoms with Crippen molar-refractivity contribution in [3.8, 4) is 0 Å². The number of alkyl halides is 3. The molecule has 2 aliphatic rings. The molecular formula is C27H32F3N7. The van der Waals surface area contributed by atoms with Crippen LogP contribution in [0.5, 0.6) is 0 Å². The number of aromatic nitrogens is 5. The van der Waals surface area contributed by atoms with Gasteiger partial charge < -0.3 is 20.2 Å². The van der Waals surface area contributed by atoms with Gasteiger partial charge >= 0.3 is 6.18 Å². The summed E-state index contributed by atoms with van der Waals surface area (Å²) in [7, 11) is 2.24. The van der Waals surface area contributed by atoms with Crippen LogP contribution in [0.25, 0.3) is 22.1 Å². The average Bonchev–Trinajstić information content (AvgIpc) is 3.55. The molecular weight excluding hydrogens is 479 g/mol. The number of halogens is 3. The van der Waals surface area contributed by atoms with Crippen molar-refractivity contribution in [2.75, 3.05) is 19.3 Å². The Morgan fingerprint density at radius 2 is 1.95 bits per heavy atom. The van der Waals surface area contributed by atoms with Crippen LogP contribution in [0.15, 0.2) is 36.8 Å². The third kappa shape index (κ3) is 4.79. The van der Waals surface area contributed by atoms with E-state index in [2.05, 4.69) is 42.6 Å². The molecule has 196 valence electrons. The fourth-order valence-electron chi connectivity index (χ4n) is 6.30. The molecule has 2 aliphatic carbocycles. The van der Waals surface area contributed by atoms with Crippen molar-refractivity contribution < 1.29 is 13.2 Å². The van der Waals surface area contributed by atoms with Crippen molar-refractivity contribution in [2.24, 2.45) is 11.8 Å². The summed E-state index contributed by atoms with van der Waals surface area (Å²) in [5.41, 5.74) is 7.32. The van der Waals surface area contributed by atoms with E-state index in [4.69, 9.17) is 5.73 Å². The van der Waals surface area contributed by atoms with E-state index in [0.717, 1.165) is 61.2 Å². The van der Waals surface area contributed by atoms with Crippen LogP contribution in [0.4, 0.5) is 19.0 Å². The molecule has 0 aliphatic heterocycles. The summed E-state index contributed by atoms with van der Waals surface area (Å²) in [6, 6.07) is 6.78. The maximum absolute atomic E-state index is 13.0. The third-order valence-electron chi connectivity index (χ3n) is 8.48. The number of benzene rings is 1. The second kappa shape index (κ2) is 9.31. The molecule has 10 heteroatoms. The van der Waals surface area contributed by atoms with Crippen LogP contribution in [0.3, 0.4) is 0 Å². The van der Waals surface area contributed by atoms with Gasteiger partial charge in [-0.1, -0.05) is 0 Å². The number of nitrogens with two attached hydrogens (primary N) is 1. The molecule has 0 spiro atoms. The fraction of sp³-hybridized carbons (Fsp3) is 0.519. The van der Waals surface area contributed by atoms with Gasteiger partial charge in [-0.3, -0.25) is 0 Å². The standard InChI is InChI=1S/C27H32F3N7/c1-36(14-17-2-5-19(12-17)37-9-8-21-25(31)32-15-33-26(21)37)20-10-16(11-20)3-7-24-34-22-6-4-18(27(28,29)30)13-23(22)35-24/h4,6,8-9,13,15-17,19-20H,2-3,5,7,10-12,14H2,1H3,(H,34,35)(H2,31,32,33)/t16-,17-,19+,20+/m1/s1. The Morgan fingerprint density at radius 3 is 2.76 bits per heavy atom. The second-order valence-electron chi connectivity index (χ2n) is 10.9. The predicted molar refractivity (Wildman–Crippen MR) is 137 cm³/mol. The number of hydrogen-bond donors (Lipinski definition) is 2. The van der Waals surface area contributed by atoms with Crippen molar-refractivity contribution in [3.63, 3.8) is 0 Å². The minimum absolute atomic E-state index is 0.384. The molecule has 1 aromatic carbocycles. The number of aryl methyl sites for hydroxylation is 1. The molecule has 3 N–H and O–H groups in total. The van der Waals surface area contributed by atoms with Gasteiger partial charge in [-0.2, -0.15) is 13.2 Å². The highest BCUT2D eigenvalue weighted by Crippen LogP contribution is 2.40. The van der Waals surface area contributed by atoms with E-state index in [-0.39, 0.29) is 0 Å². The summed E-state index contributed by atoms with van der Waals surface area (Å²) in [6.45, 7) is 1.11. The molecule has 37 heavy (non-hydrogen) atoms. The number of fused-ring (bicyclic) bond motifs is 2.